The first kappa shape index (κ1) is 21.5. The Kier molecular flexibility index (Phi) is 5.52. The number of fused-ring (bicyclic) bond motifs is 2. The summed E-state index contributed by atoms with van der Waals surface area (Å²) in [5, 5.41) is 3.66. The molecule has 35 heavy (non-hydrogen) atoms. The lowest BCUT2D eigenvalue weighted by Crippen LogP contribution is -2.21. The van der Waals surface area contributed by atoms with E-state index in [2.05, 4.69) is 4.98 Å². The van der Waals surface area contributed by atoms with Gasteiger partial charge in [-0.1, -0.05) is 72.4 Å². The third-order valence-corrected chi connectivity index (χ3v) is 7.50. The standard InChI is InChI=1S/C27H18N4O2S2/c32-24-23-20(17-9-3-1-4-10-17)15-34-25(23)30-22(29-24)16-35-27-28-21-14-8-7-13-19(21)26(33)31(27)18-11-5-2-6-12-18/h1-15H,16H2,(H,29,30,32). The van der Waals surface area contributed by atoms with Gasteiger partial charge in [-0.15, -0.1) is 11.3 Å². The van der Waals surface area contributed by atoms with Crippen LogP contribution in [-0.2, 0) is 5.75 Å². The van der Waals surface area contributed by atoms with E-state index >= 15 is 0 Å². The minimum absolute atomic E-state index is 0.132. The Morgan fingerprint density at radius 2 is 1.57 bits per heavy atom. The summed E-state index contributed by atoms with van der Waals surface area (Å²) in [4.78, 5) is 39.5. The van der Waals surface area contributed by atoms with Crippen molar-refractivity contribution in [3.05, 3.63) is 117 Å². The quantitative estimate of drug-likeness (QED) is 0.248. The van der Waals surface area contributed by atoms with Gasteiger partial charge in [0.1, 0.15) is 10.7 Å². The lowest BCUT2D eigenvalue weighted by molar-refractivity contribution is 0.818. The van der Waals surface area contributed by atoms with Crippen molar-refractivity contribution in [3.63, 3.8) is 0 Å². The highest BCUT2D eigenvalue weighted by Gasteiger charge is 2.16. The molecule has 0 atom stereocenters. The zero-order chi connectivity index (χ0) is 23.8. The minimum atomic E-state index is -0.169. The summed E-state index contributed by atoms with van der Waals surface area (Å²) >= 11 is 2.82. The Bertz CT molecular complexity index is 1790. The first-order valence-corrected chi connectivity index (χ1v) is 12.8. The number of benzene rings is 3. The van der Waals surface area contributed by atoms with Crippen molar-refractivity contribution in [1.29, 1.82) is 0 Å². The first-order chi connectivity index (χ1) is 17.2. The number of para-hydroxylation sites is 2. The average Bonchev–Trinajstić information content (AvgIpc) is 3.33. The number of aromatic amines is 1. The van der Waals surface area contributed by atoms with Crippen LogP contribution in [0.3, 0.4) is 0 Å². The van der Waals surface area contributed by atoms with Crippen LogP contribution in [0.25, 0.3) is 37.9 Å². The second-order valence-electron chi connectivity index (χ2n) is 7.88. The van der Waals surface area contributed by atoms with Gasteiger partial charge < -0.3 is 4.98 Å². The molecule has 0 unspecified atom stereocenters. The fraction of sp³-hybridized carbons (Fsp3) is 0.0370. The minimum Gasteiger partial charge on any atom is -0.309 e. The van der Waals surface area contributed by atoms with Gasteiger partial charge in [-0.3, -0.25) is 14.2 Å². The summed E-state index contributed by atoms with van der Waals surface area (Å²) in [6.07, 6.45) is 0. The summed E-state index contributed by atoms with van der Waals surface area (Å²) in [6, 6.07) is 26.6. The van der Waals surface area contributed by atoms with Crippen molar-refractivity contribution in [3.8, 4) is 16.8 Å². The Morgan fingerprint density at radius 3 is 2.37 bits per heavy atom. The predicted octanol–water partition coefficient (Wildman–Crippen LogP) is 5.64. The van der Waals surface area contributed by atoms with E-state index in [0.717, 1.165) is 16.8 Å². The van der Waals surface area contributed by atoms with E-state index in [-0.39, 0.29) is 11.1 Å². The SMILES string of the molecule is O=c1[nH]c(CSc2nc3ccccc3c(=O)n2-c2ccccc2)nc2scc(-c3ccccc3)c12. The number of thioether (sulfide) groups is 1. The van der Waals surface area contributed by atoms with Crippen molar-refractivity contribution in [1.82, 2.24) is 19.5 Å². The van der Waals surface area contributed by atoms with E-state index in [1.54, 1.807) is 10.6 Å². The van der Waals surface area contributed by atoms with Crippen LogP contribution in [0.1, 0.15) is 5.82 Å². The summed E-state index contributed by atoms with van der Waals surface area (Å²) in [6.45, 7) is 0. The van der Waals surface area contributed by atoms with Gasteiger partial charge in [-0.05, 0) is 29.8 Å². The van der Waals surface area contributed by atoms with Crippen LogP contribution in [0.2, 0.25) is 0 Å². The van der Waals surface area contributed by atoms with Gasteiger partial charge in [0.25, 0.3) is 11.1 Å². The molecule has 0 fully saturated rings. The molecule has 0 radical (unpaired) electrons. The van der Waals surface area contributed by atoms with E-state index < -0.39 is 0 Å². The van der Waals surface area contributed by atoms with Crippen LogP contribution in [0, 0.1) is 0 Å². The van der Waals surface area contributed by atoms with Crippen molar-refractivity contribution in [2.24, 2.45) is 0 Å². The number of hydrogen-bond donors (Lipinski definition) is 1. The van der Waals surface area contributed by atoms with Crippen LogP contribution in [0.5, 0.6) is 0 Å². The number of aromatic nitrogens is 4. The monoisotopic (exact) mass is 494 g/mol. The van der Waals surface area contributed by atoms with Crippen molar-refractivity contribution >= 4 is 44.2 Å². The molecule has 3 heterocycles. The Morgan fingerprint density at radius 1 is 0.857 bits per heavy atom. The number of thiophene rings is 1. The molecule has 6 nitrogen and oxygen atoms in total. The highest BCUT2D eigenvalue weighted by Crippen LogP contribution is 2.31. The molecule has 0 aliphatic rings. The average molecular weight is 495 g/mol. The number of rotatable bonds is 5. The fourth-order valence-electron chi connectivity index (χ4n) is 4.04. The molecule has 3 aromatic heterocycles. The number of nitrogens with one attached hydrogen (secondary N) is 1. The second kappa shape index (κ2) is 8.98. The molecule has 0 saturated heterocycles. The van der Waals surface area contributed by atoms with Gasteiger partial charge >= 0.3 is 0 Å². The number of nitrogens with zero attached hydrogens (tertiary/aromatic N) is 3. The normalized spacial score (nSPS) is 11.3. The Balaban J connectivity index is 1.40. The molecule has 0 bridgehead atoms. The van der Waals surface area contributed by atoms with E-state index in [0.29, 0.717) is 37.9 Å². The highest BCUT2D eigenvalue weighted by atomic mass is 32.2. The second-order valence-corrected chi connectivity index (χ2v) is 9.69. The third-order valence-electron chi connectivity index (χ3n) is 5.68. The predicted molar refractivity (Wildman–Crippen MR) is 143 cm³/mol. The maximum Gasteiger partial charge on any atom is 0.266 e. The summed E-state index contributed by atoms with van der Waals surface area (Å²) in [5.74, 6) is 0.900. The maximum absolute atomic E-state index is 13.4. The molecule has 170 valence electrons. The summed E-state index contributed by atoms with van der Waals surface area (Å²) < 4.78 is 1.61. The molecule has 0 saturated carbocycles. The van der Waals surface area contributed by atoms with Gasteiger partial charge in [0, 0.05) is 10.9 Å². The Hall–Kier alpha value is -4.01. The molecule has 1 N–H and O–H groups in total. The van der Waals surface area contributed by atoms with E-state index in [1.165, 1.54) is 23.1 Å². The van der Waals surface area contributed by atoms with Crippen LogP contribution in [0.15, 0.2) is 105 Å². The first-order valence-electron chi connectivity index (χ1n) is 10.9. The lowest BCUT2D eigenvalue weighted by Gasteiger charge is -2.13. The largest absolute Gasteiger partial charge is 0.309 e. The fourth-order valence-corrected chi connectivity index (χ4v) is 5.89. The molecule has 0 aliphatic heterocycles. The molecular weight excluding hydrogens is 476 g/mol. The smallest absolute Gasteiger partial charge is 0.266 e. The molecule has 8 heteroatoms. The maximum atomic E-state index is 13.4. The lowest BCUT2D eigenvalue weighted by atomic mass is 10.1. The third kappa shape index (κ3) is 3.96. The molecular formula is C27H18N4O2S2. The zero-order valence-electron chi connectivity index (χ0n) is 18.3. The molecule has 6 aromatic rings. The van der Waals surface area contributed by atoms with E-state index in [4.69, 9.17) is 9.97 Å². The van der Waals surface area contributed by atoms with Crippen LogP contribution in [-0.4, -0.2) is 19.5 Å². The summed E-state index contributed by atoms with van der Waals surface area (Å²) in [5.41, 5.74) is 2.94. The highest BCUT2D eigenvalue weighted by molar-refractivity contribution is 7.98. The topological polar surface area (TPSA) is 80.6 Å². The van der Waals surface area contributed by atoms with Crippen LogP contribution in [0.4, 0.5) is 0 Å². The number of hydrogen-bond acceptors (Lipinski definition) is 6. The number of H-pyrrole nitrogens is 1. The van der Waals surface area contributed by atoms with Gasteiger partial charge in [0.2, 0.25) is 0 Å². The van der Waals surface area contributed by atoms with Gasteiger partial charge in [0.15, 0.2) is 5.16 Å². The Labute approximate surface area is 208 Å². The van der Waals surface area contributed by atoms with Crippen molar-refractivity contribution in [2.45, 2.75) is 10.9 Å². The molecule has 0 aliphatic carbocycles. The van der Waals surface area contributed by atoms with Gasteiger partial charge in [0.05, 0.1) is 27.7 Å². The molecule has 3 aromatic carbocycles. The van der Waals surface area contributed by atoms with E-state index in [1.807, 2.05) is 84.2 Å². The van der Waals surface area contributed by atoms with Crippen LogP contribution >= 0.6 is 23.1 Å². The molecule has 6 rings (SSSR count). The van der Waals surface area contributed by atoms with Gasteiger partial charge in [-0.25, -0.2) is 9.97 Å². The van der Waals surface area contributed by atoms with Crippen molar-refractivity contribution < 1.29 is 0 Å². The molecule has 0 spiro atoms. The zero-order valence-corrected chi connectivity index (χ0v) is 20.0. The van der Waals surface area contributed by atoms with Crippen LogP contribution < -0.4 is 11.1 Å². The van der Waals surface area contributed by atoms with E-state index in [9.17, 15) is 9.59 Å². The molecule has 0 amide bonds. The van der Waals surface area contributed by atoms with Gasteiger partial charge in [-0.2, -0.15) is 0 Å². The van der Waals surface area contributed by atoms with Crippen molar-refractivity contribution in [2.75, 3.05) is 0 Å². The summed E-state index contributed by atoms with van der Waals surface area (Å²) in [7, 11) is 0.